The van der Waals surface area contributed by atoms with E-state index < -0.39 is 105 Å². The summed E-state index contributed by atoms with van der Waals surface area (Å²) in [5.41, 5.74) is 0. The first-order valence-corrected chi connectivity index (χ1v) is 10.8. The highest BCUT2D eigenvalue weighted by Crippen LogP contribution is 2.33. The molecule has 0 aromatic heterocycles. The van der Waals surface area contributed by atoms with Crippen LogP contribution < -0.4 is 0 Å². The van der Waals surface area contributed by atoms with Crippen LogP contribution in [0, 0.1) is 0 Å². The van der Waals surface area contributed by atoms with Gasteiger partial charge in [-0.25, -0.2) is 0 Å². The predicted octanol–water partition coefficient (Wildman–Crippen LogP) is -5.89. The highest BCUT2D eigenvalue weighted by molar-refractivity contribution is 4.96. The fraction of sp³-hybridized carbons (Fsp3) is 1.00. The number of hydrogen-bond donors (Lipinski definition) is 9. The van der Waals surface area contributed by atoms with Gasteiger partial charge in [0.15, 0.2) is 18.9 Å². The Labute approximate surface area is 194 Å². The van der Waals surface area contributed by atoms with Gasteiger partial charge in [-0.2, -0.15) is 0 Å². The van der Waals surface area contributed by atoms with Crippen LogP contribution in [-0.2, 0) is 28.4 Å². The Balaban J connectivity index is 1.86. The molecule has 0 saturated carbocycles. The number of ether oxygens (including phenoxy) is 6. The van der Waals surface area contributed by atoms with Crippen molar-refractivity contribution in [3.05, 3.63) is 0 Å². The van der Waals surface area contributed by atoms with Gasteiger partial charge in [0.05, 0.1) is 19.3 Å². The Morgan fingerprint density at radius 2 is 1.06 bits per heavy atom. The van der Waals surface area contributed by atoms with E-state index >= 15 is 0 Å². The van der Waals surface area contributed by atoms with Gasteiger partial charge in [0, 0.05) is 7.11 Å². The van der Waals surface area contributed by atoms with Crippen molar-refractivity contribution < 1.29 is 74.4 Å². The second kappa shape index (κ2) is 11.6. The molecule has 0 spiro atoms. The van der Waals surface area contributed by atoms with E-state index in [9.17, 15) is 46.0 Å². The molecule has 15 heteroatoms. The van der Waals surface area contributed by atoms with Crippen LogP contribution in [0.3, 0.4) is 0 Å². The minimum atomic E-state index is -1.80. The molecule has 3 fully saturated rings. The van der Waals surface area contributed by atoms with E-state index in [4.69, 9.17) is 28.4 Å². The van der Waals surface area contributed by atoms with Crippen LogP contribution in [0.25, 0.3) is 0 Å². The summed E-state index contributed by atoms with van der Waals surface area (Å²) in [6.07, 6.45) is -22.6. The molecular weight excluding hydrogens is 468 g/mol. The fourth-order valence-electron chi connectivity index (χ4n) is 4.17. The molecule has 200 valence electrons. The van der Waals surface area contributed by atoms with Gasteiger partial charge >= 0.3 is 0 Å². The Kier molecular flexibility index (Phi) is 9.57. The van der Waals surface area contributed by atoms with Crippen LogP contribution in [-0.4, -0.2) is 158 Å². The summed E-state index contributed by atoms with van der Waals surface area (Å²) in [4.78, 5) is 0. The molecule has 9 N–H and O–H groups in total. The van der Waals surface area contributed by atoms with Gasteiger partial charge in [-0.1, -0.05) is 0 Å². The van der Waals surface area contributed by atoms with Gasteiger partial charge in [-0.15, -0.1) is 0 Å². The minimum Gasteiger partial charge on any atom is -0.394 e. The molecule has 15 atom stereocenters. The summed E-state index contributed by atoms with van der Waals surface area (Å²) in [5.74, 6) is 0. The van der Waals surface area contributed by atoms with Crippen molar-refractivity contribution in [1.29, 1.82) is 0 Å². The molecule has 3 rings (SSSR count). The van der Waals surface area contributed by atoms with Crippen LogP contribution in [0.4, 0.5) is 0 Å². The number of methoxy groups -OCH3 is 1. The maximum Gasteiger partial charge on any atom is 0.187 e. The largest absolute Gasteiger partial charge is 0.394 e. The van der Waals surface area contributed by atoms with E-state index in [-0.39, 0.29) is 0 Å². The summed E-state index contributed by atoms with van der Waals surface area (Å²) >= 11 is 0. The second-order valence-corrected chi connectivity index (χ2v) is 8.53. The summed E-state index contributed by atoms with van der Waals surface area (Å²) in [6.45, 7) is 0.0111. The molecule has 3 aliphatic heterocycles. The maximum atomic E-state index is 10.8. The van der Waals surface area contributed by atoms with Crippen molar-refractivity contribution in [3.8, 4) is 0 Å². The van der Waals surface area contributed by atoms with E-state index in [1.807, 2.05) is 0 Å². The van der Waals surface area contributed by atoms with E-state index in [0.29, 0.717) is 0 Å². The first-order valence-electron chi connectivity index (χ1n) is 10.8. The van der Waals surface area contributed by atoms with Crippen LogP contribution >= 0.6 is 0 Å². The van der Waals surface area contributed by atoms with Crippen molar-refractivity contribution in [2.75, 3.05) is 20.3 Å². The van der Waals surface area contributed by atoms with Crippen molar-refractivity contribution in [1.82, 2.24) is 0 Å². The second-order valence-electron chi connectivity index (χ2n) is 8.53. The zero-order valence-electron chi connectivity index (χ0n) is 18.5. The lowest BCUT2D eigenvalue weighted by atomic mass is 9.96. The van der Waals surface area contributed by atoms with Gasteiger partial charge in [0.2, 0.25) is 0 Å². The van der Waals surface area contributed by atoms with Crippen LogP contribution in [0.2, 0.25) is 0 Å². The van der Waals surface area contributed by atoms with Gasteiger partial charge in [-0.3, -0.25) is 0 Å². The highest BCUT2D eigenvalue weighted by atomic mass is 16.8. The minimum absolute atomic E-state index is 0.694. The molecule has 0 unspecified atom stereocenters. The van der Waals surface area contributed by atoms with Crippen molar-refractivity contribution in [2.45, 2.75) is 99.0 Å². The lowest BCUT2D eigenvalue weighted by molar-refractivity contribution is -0.384. The molecule has 3 aliphatic rings. The third-order valence-corrected chi connectivity index (χ3v) is 6.27. The van der Waals surface area contributed by atoms with Gasteiger partial charge in [0.1, 0.15) is 67.1 Å². The molecule has 0 amide bonds. The third kappa shape index (κ3) is 5.39. The molecule has 0 aromatic rings. The molecule has 0 radical (unpaired) electrons. The Morgan fingerprint density at radius 1 is 0.559 bits per heavy atom. The molecule has 3 heterocycles. The summed E-state index contributed by atoms with van der Waals surface area (Å²) in [6, 6.07) is 0. The van der Waals surface area contributed by atoms with E-state index in [1.54, 1.807) is 0 Å². The lowest BCUT2D eigenvalue weighted by Crippen LogP contribution is -2.67. The molecule has 34 heavy (non-hydrogen) atoms. The predicted molar refractivity (Wildman–Crippen MR) is 105 cm³/mol. The molecule has 0 aromatic carbocycles. The monoisotopic (exact) mass is 502 g/mol. The first kappa shape index (κ1) is 28.0. The Morgan fingerprint density at radius 3 is 1.62 bits per heavy atom. The van der Waals surface area contributed by atoms with Crippen molar-refractivity contribution >= 4 is 0 Å². The Hall–Kier alpha value is -0.600. The fourth-order valence-corrected chi connectivity index (χ4v) is 4.17. The summed E-state index contributed by atoms with van der Waals surface area (Å²) in [5, 5.41) is 90.7. The number of aliphatic hydroxyl groups is 9. The smallest absolute Gasteiger partial charge is 0.187 e. The topological polar surface area (TPSA) is 237 Å². The highest BCUT2D eigenvalue weighted by Gasteiger charge is 2.53. The first-order chi connectivity index (χ1) is 16.0. The van der Waals surface area contributed by atoms with Crippen molar-refractivity contribution in [3.63, 3.8) is 0 Å². The maximum absolute atomic E-state index is 10.8. The quantitative estimate of drug-likeness (QED) is 0.157. The number of hydrogen-bond acceptors (Lipinski definition) is 15. The van der Waals surface area contributed by atoms with E-state index in [1.165, 1.54) is 14.0 Å². The zero-order chi connectivity index (χ0) is 25.3. The average molecular weight is 502 g/mol. The summed E-state index contributed by atoms with van der Waals surface area (Å²) in [7, 11) is 1.21. The normalized spacial score (nSPS) is 52.5. The van der Waals surface area contributed by atoms with Gasteiger partial charge in [-0.05, 0) is 6.92 Å². The van der Waals surface area contributed by atoms with Crippen molar-refractivity contribution in [2.24, 2.45) is 0 Å². The number of rotatable bonds is 7. The van der Waals surface area contributed by atoms with Crippen LogP contribution in [0.5, 0.6) is 0 Å². The summed E-state index contributed by atoms with van der Waals surface area (Å²) < 4.78 is 32.7. The van der Waals surface area contributed by atoms with Gasteiger partial charge < -0.3 is 74.4 Å². The van der Waals surface area contributed by atoms with E-state index in [2.05, 4.69) is 0 Å². The van der Waals surface area contributed by atoms with Crippen LogP contribution in [0.1, 0.15) is 6.92 Å². The van der Waals surface area contributed by atoms with E-state index in [0.717, 1.165) is 0 Å². The molecule has 3 saturated heterocycles. The number of aliphatic hydroxyl groups excluding tert-OH is 9. The average Bonchev–Trinajstić information content (AvgIpc) is 2.83. The Bertz CT molecular complexity index is 639. The third-order valence-electron chi connectivity index (χ3n) is 6.27. The molecule has 0 bridgehead atoms. The van der Waals surface area contributed by atoms with Gasteiger partial charge in [0.25, 0.3) is 0 Å². The standard InChI is InChI=1S/C19H34O15/c1-5-8(22)10(24)12(26)18(30-5)34-16-14(28)17(29-2)32-7(4-21)15(16)33-19-13(27)11(25)9(23)6(3-20)31-19/h5-28H,3-4H2,1-2H3/t5-,6+,7+,8+,9+,10+,11-,12-,13+,14+,15-,16+,17-,18+,19-/m0/s1. The lowest BCUT2D eigenvalue weighted by Gasteiger charge is -2.48. The molecular formula is C19H34O15. The molecule has 0 aliphatic carbocycles. The van der Waals surface area contributed by atoms with Crippen LogP contribution in [0.15, 0.2) is 0 Å². The SMILES string of the molecule is CO[C@H]1O[C@H](CO)[C@H](O[C@@H]2O[C@H](CO)[C@@H](O)[C@H](O)[C@H]2O)[C@H](O[C@H]2O[C@@H](C)[C@@H](O)[C@@H](O)[C@@H]2O)[C@H]1O. The zero-order valence-corrected chi connectivity index (χ0v) is 18.5. The molecule has 15 nitrogen and oxygen atoms in total.